The van der Waals surface area contributed by atoms with E-state index in [2.05, 4.69) is 20.8 Å². The van der Waals surface area contributed by atoms with Gasteiger partial charge in [-0.3, -0.25) is 4.79 Å². The molecule has 0 aromatic heterocycles. The fourth-order valence-electron chi connectivity index (χ4n) is 2.56. The predicted molar refractivity (Wildman–Crippen MR) is 82.3 cm³/mol. The summed E-state index contributed by atoms with van der Waals surface area (Å²) < 4.78 is 5.36. The maximum Gasteiger partial charge on any atom is 0.293 e. The molecule has 114 valence electrons. The number of unbranched alkanes of at least 4 members (excludes halogenated alkanes) is 8. The lowest BCUT2D eigenvalue weighted by Crippen LogP contribution is -2.28. The van der Waals surface area contributed by atoms with E-state index in [9.17, 15) is 4.79 Å². The summed E-state index contributed by atoms with van der Waals surface area (Å²) in [5.74, 6) is 0. The Morgan fingerprint density at radius 3 is 1.58 bits per heavy atom. The van der Waals surface area contributed by atoms with E-state index in [0.29, 0.717) is 6.47 Å². The number of ether oxygens (including phenoxy) is 1. The van der Waals surface area contributed by atoms with Crippen molar-refractivity contribution in [3.8, 4) is 0 Å². The summed E-state index contributed by atoms with van der Waals surface area (Å²) in [5, 5.41) is 0. The third kappa shape index (κ3) is 11.0. The van der Waals surface area contributed by atoms with Gasteiger partial charge in [-0.15, -0.1) is 0 Å². The van der Waals surface area contributed by atoms with Crippen LogP contribution in [0.4, 0.5) is 0 Å². The quantitative estimate of drug-likeness (QED) is 0.301. The second-order valence-corrected chi connectivity index (χ2v) is 5.99. The van der Waals surface area contributed by atoms with Crippen LogP contribution in [0, 0.1) is 0 Å². The van der Waals surface area contributed by atoms with Crippen LogP contribution in [0.2, 0.25) is 0 Å². The highest BCUT2D eigenvalue weighted by Gasteiger charge is 2.24. The van der Waals surface area contributed by atoms with Crippen LogP contribution in [0.3, 0.4) is 0 Å². The minimum Gasteiger partial charge on any atom is -0.462 e. The van der Waals surface area contributed by atoms with Crippen LogP contribution in [-0.2, 0) is 9.53 Å². The topological polar surface area (TPSA) is 26.3 Å². The number of carbonyl (C=O) groups excluding carboxylic acids is 1. The van der Waals surface area contributed by atoms with Crippen molar-refractivity contribution in [2.24, 2.45) is 0 Å². The highest BCUT2D eigenvalue weighted by Crippen LogP contribution is 2.26. The number of carbonyl (C=O) groups is 1. The summed E-state index contributed by atoms with van der Waals surface area (Å²) >= 11 is 0. The van der Waals surface area contributed by atoms with Crippen molar-refractivity contribution in [1.82, 2.24) is 0 Å². The molecule has 0 bridgehead atoms. The minimum absolute atomic E-state index is 0.222. The Labute approximate surface area is 120 Å². The van der Waals surface area contributed by atoms with Gasteiger partial charge in [0.2, 0.25) is 0 Å². The summed E-state index contributed by atoms with van der Waals surface area (Å²) in [7, 11) is 0. The van der Waals surface area contributed by atoms with Crippen LogP contribution in [0.1, 0.15) is 97.8 Å². The molecule has 2 heteroatoms. The molecule has 0 aromatic carbocycles. The molecule has 0 aliphatic carbocycles. The van der Waals surface area contributed by atoms with Gasteiger partial charge in [-0.05, 0) is 32.6 Å². The van der Waals surface area contributed by atoms with E-state index in [1.54, 1.807) is 0 Å². The van der Waals surface area contributed by atoms with Crippen molar-refractivity contribution in [3.63, 3.8) is 0 Å². The molecule has 0 N–H and O–H groups in total. The fraction of sp³-hybridized carbons (Fsp3) is 0.941. The zero-order chi connectivity index (χ0) is 14.4. The molecule has 0 saturated carbocycles. The molecule has 0 atom stereocenters. The molecule has 0 unspecified atom stereocenters. The summed E-state index contributed by atoms with van der Waals surface area (Å²) in [6, 6.07) is 0. The van der Waals surface area contributed by atoms with Gasteiger partial charge >= 0.3 is 0 Å². The number of rotatable bonds is 14. The summed E-state index contributed by atoms with van der Waals surface area (Å²) in [5.41, 5.74) is -0.222. The molecule has 0 spiro atoms. The molecule has 0 aromatic rings. The van der Waals surface area contributed by atoms with E-state index in [0.717, 1.165) is 12.8 Å². The molecule has 0 rings (SSSR count). The third-order valence-electron chi connectivity index (χ3n) is 3.95. The molecule has 0 saturated heterocycles. The first kappa shape index (κ1) is 18.5. The summed E-state index contributed by atoms with van der Waals surface area (Å²) in [4.78, 5) is 10.7. The molecule has 0 aliphatic rings. The van der Waals surface area contributed by atoms with Gasteiger partial charge in [-0.1, -0.05) is 65.2 Å². The lowest BCUT2D eigenvalue weighted by atomic mass is 9.91. The number of hydrogen-bond donors (Lipinski definition) is 0. The van der Waals surface area contributed by atoms with E-state index >= 15 is 0 Å². The lowest BCUT2D eigenvalue weighted by molar-refractivity contribution is -0.143. The minimum atomic E-state index is -0.222. The van der Waals surface area contributed by atoms with Gasteiger partial charge in [0, 0.05) is 0 Å². The first-order valence-electron chi connectivity index (χ1n) is 8.30. The summed E-state index contributed by atoms with van der Waals surface area (Å²) in [6.07, 6.45) is 14.7. The van der Waals surface area contributed by atoms with Crippen LogP contribution < -0.4 is 0 Å². The van der Waals surface area contributed by atoms with Crippen molar-refractivity contribution in [3.05, 3.63) is 0 Å². The molecular formula is C17H34O2. The molecule has 0 radical (unpaired) electrons. The Balaban J connectivity index is 3.80. The zero-order valence-electron chi connectivity index (χ0n) is 13.4. The largest absolute Gasteiger partial charge is 0.462 e. The van der Waals surface area contributed by atoms with Crippen LogP contribution in [-0.4, -0.2) is 12.1 Å². The van der Waals surface area contributed by atoms with Gasteiger partial charge in [-0.25, -0.2) is 0 Å². The van der Waals surface area contributed by atoms with Crippen molar-refractivity contribution in [2.75, 3.05) is 0 Å². The van der Waals surface area contributed by atoms with E-state index < -0.39 is 0 Å². The Kier molecular flexibility index (Phi) is 12.2. The van der Waals surface area contributed by atoms with Crippen LogP contribution in [0.5, 0.6) is 0 Å². The van der Waals surface area contributed by atoms with Crippen molar-refractivity contribution >= 4 is 6.47 Å². The Bertz CT molecular complexity index is 187. The molecule has 0 heterocycles. The van der Waals surface area contributed by atoms with Crippen molar-refractivity contribution in [2.45, 2.75) is 103 Å². The van der Waals surface area contributed by atoms with Gasteiger partial charge in [-0.2, -0.15) is 0 Å². The van der Waals surface area contributed by atoms with Gasteiger partial charge in [0.25, 0.3) is 6.47 Å². The normalized spacial score (nSPS) is 11.5. The first-order chi connectivity index (χ1) is 9.18. The van der Waals surface area contributed by atoms with Crippen molar-refractivity contribution < 1.29 is 9.53 Å². The fourth-order valence-corrected chi connectivity index (χ4v) is 2.56. The molecule has 2 nitrogen and oxygen atoms in total. The maximum absolute atomic E-state index is 10.7. The van der Waals surface area contributed by atoms with Crippen LogP contribution in [0.25, 0.3) is 0 Å². The van der Waals surface area contributed by atoms with E-state index in [-0.39, 0.29) is 5.60 Å². The van der Waals surface area contributed by atoms with E-state index in [4.69, 9.17) is 4.74 Å². The van der Waals surface area contributed by atoms with Crippen molar-refractivity contribution in [1.29, 1.82) is 0 Å². The Morgan fingerprint density at radius 2 is 1.21 bits per heavy atom. The molecule has 0 aliphatic heterocycles. The lowest BCUT2D eigenvalue weighted by Gasteiger charge is -2.28. The monoisotopic (exact) mass is 270 g/mol. The zero-order valence-corrected chi connectivity index (χ0v) is 13.4. The number of hydrogen-bond acceptors (Lipinski definition) is 2. The second-order valence-electron chi connectivity index (χ2n) is 5.99. The second kappa shape index (κ2) is 12.5. The van der Waals surface area contributed by atoms with Gasteiger partial charge in [0.1, 0.15) is 5.60 Å². The van der Waals surface area contributed by atoms with E-state index in [1.165, 1.54) is 64.2 Å². The highest BCUT2D eigenvalue weighted by molar-refractivity contribution is 5.38. The third-order valence-corrected chi connectivity index (χ3v) is 3.95. The predicted octanol–water partition coefficient (Wildman–Crippen LogP) is 5.64. The smallest absolute Gasteiger partial charge is 0.293 e. The van der Waals surface area contributed by atoms with Gasteiger partial charge in [0.05, 0.1) is 0 Å². The van der Waals surface area contributed by atoms with Crippen LogP contribution >= 0.6 is 0 Å². The molecule has 0 amide bonds. The molecule has 0 fully saturated rings. The van der Waals surface area contributed by atoms with E-state index in [1.807, 2.05) is 0 Å². The van der Waals surface area contributed by atoms with Crippen LogP contribution in [0.15, 0.2) is 0 Å². The standard InChI is InChI=1S/C17H34O2/c1-4-6-8-10-12-14-17(3,19-16-18)15-13-11-9-7-5-2/h16H,4-15H2,1-3H3. The van der Waals surface area contributed by atoms with Gasteiger partial charge < -0.3 is 4.74 Å². The molecule has 19 heavy (non-hydrogen) atoms. The highest BCUT2D eigenvalue weighted by atomic mass is 16.5. The molecular weight excluding hydrogens is 236 g/mol. The summed E-state index contributed by atoms with van der Waals surface area (Å²) in [6.45, 7) is 7.20. The first-order valence-corrected chi connectivity index (χ1v) is 8.30. The Morgan fingerprint density at radius 1 is 0.789 bits per heavy atom. The average Bonchev–Trinajstić information content (AvgIpc) is 2.39. The van der Waals surface area contributed by atoms with Gasteiger partial charge in [0.15, 0.2) is 0 Å². The SMILES string of the molecule is CCCCCCCC(C)(CCCCCCC)OC=O. The average molecular weight is 270 g/mol. The maximum atomic E-state index is 10.7. The Hall–Kier alpha value is -0.530.